The summed E-state index contributed by atoms with van der Waals surface area (Å²) in [5, 5.41) is 10.5. The minimum atomic E-state index is -0.919. The number of aromatic nitrogens is 1. The van der Waals surface area contributed by atoms with Gasteiger partial charge in [0.15, 0.2) is 0 Å². The summed E-state index contributed by atoms with van der Waals surface area (Å²) in [7, 11) is 0. The monoisotopic (exact) mass is 326 g/mol. The highest BCUT2D eigenvalue weighted by molar-refractivity contribution is 5.20. The van der Waals surface area contributed by atoms with Crippen molar-refractivity contribution in [1.29, 1.82) is 0 Å². The van der Waals surface area contributed by atoms with Crippen LogP contribution in [0, 0.1) is 5.82 Å². The number of benzene rings is 1. The third kappa shape index (κ3) is 4.28. The SMILES string of the molecule is OC(CN(Cc1cccnc1)Cc1ccco1)c1ccccc1F. The molecule has 2 aromatic heterocycles. The van der Waals surface area contributed by atoms with Crippen LogP contribution in [-0.2, 0) is 13.1 Å². The lowest BCUT2D eigenvalue weighted by Crippen LogP contribution is -2.28. The van der Waals surface area contributed by atoms with Crippen molar-refractivity contribution in [2.45, 2.75) is 19.2 Å². The molecule has 0 saturated heterocycles. The van der Waals surface area contributed by atoms with Crippen LogP contribution < -0.4 is 0 Å². The van der Waals surface area contributed by atoms with Crippen molar-refractivity contribution in [3.63, 3.8) is 0 Å². The van der Waals surface area contributed by atoms with Crippen molar-refractivity contribution in [2.75, 3.05) is 6.54 Å². The molecule has 0 aliphatic heterocycles. The van der Waals surface area contributed by atoms with Crippen molar-refractivity contribution in [3.8, 4) is 0 Å². The highest BCUT2D eigenvalue weighted by Crippen LogP contribution is 2.20. The third-order valence-electron chi connectivity index (χ3n) is 3.78. The lowest BCUT2D eigenvalue weighted by Gasteiger charge is -2.24. The third-order valence-corrected chi connectivity index (χ3v) is 3.78. The number of halogens is 1. The quantitative estimate of drug-likeness (QED) is 0.721. The molecule has 0 aliphatic rings. The van der Waals surface area contributed by atoms with Gasteiger partial charge in [0.25, 0.3) is 0 Å². The molecular weight excluding hydrogens is 307 g/mol. The number of furan rings is 1. The molecule has 0 amide bonds. The molecule has 0 radical (unpaired) electrons. The van der Waals surface area contributed by atoms with Gasteiger partial charge in [-0.3, -0.25) is 9.88 Å². The fourth-order valence-electron chi connectivity index (χ4n) is 2.65. The average Bonchev–Trinajstić information content (AvgIpc) is 3.09. The Labute approximate surface area is 140 Å². The Morgan fingerprint density at radius 3 is 2.67 bits per heavy atom. The Kier molecular flexibility index (Phi) is 5.36. The van der Waals surface area contributed by atoms with E-state index in [0.717, 1.165) is 11.3 Å². The van der Waals surface area contributed by atoms with Crippen LogP contribution in [-0.4, -0.2) is 21.5 Å². The van der Waals surface area contributed by atoms with Gasteiger partial charge in [0, 0.05) is 31.0 Å². The van der Waals surface area contributed by atoms with E-state index in [0.29, 0.717) is 18.7 Å². The number of rotatable bonds is 7. The fourth-order valence-corrected chi connectivity index (χ4v) is 2.65. The smallest absolute Gasteiger partial charge is 0.129 e. The zero-order valence-electron chi connectivity index (χ0n) is 13.2. The van der Waals surface area contributed by atoms with Gasteiger partial charge in [-0.25, -0.2) is 4.39 Å². The molecule has 1 aromatic carbocycles. The van der Waals surface area contributed by atoms with Gasteiger partial charge in [-0.1, -0.05) is 24.3 Å². The summed E-state index contributed by atoms with van der Waals surface area (Å²) in [6.45, 7) is 1.39. The molecule has 1 atom stereocenters. The Hall–Kier alpha value is -2.50. The van der Waals surface area contributed by atoms with Gasteiger partial charge >= 0.3 is 0 Å². The molecular formula is C19H19FN2O2. The Bertz CT molecular complexity index is 747. The largest absolute Gasteiger partial charge is 0.468 e. The van der Waals surface area contributed by atoms with Crippen LogP contribution >= 0.6 is 0 Å². The van der Waals surface area contributed by atoms with E-state index >= 15 is 0 Å². The maximum atomic E-state index is 13.9. The molecule has 0 saturated carbocycles. The molecule has 0 bridgehead atoms. The van der Waals surface area contributed by atoms with Crippen LogP contribution in [0.3, 0.4) is 0 Å². The summed E-state index contributed by atoms with van der Waals surface area (Å²) in [5.74, 6) is 0.393. The van der Waals surface area contributed by atoms with Crippen LogP contribution in [0.1, 0.15) is 23.0 Å². The predicted molar refractivity (Wildman–Crippen MR) is 88.4 cm³/mol. The molecule has 124 valence electrons. The second-order valence-corrected chi connectivity index (χ2v) is 5.65. The van der Waals surface area contributed by atoms with Gasteiger partial charge in [-0.15, -0.1) is 0 Å². The number of aliphatic hydroxyl groups is 1. The van der Waals surface area contributed by atoms with Gasteiger partial charge in [0.1, 0.15) is 11.6 Å². The summed E-state index contributed by atoms with van der Waals surface area (Å²) in [5.41, 5.74) is 1.32. The summed E-state index contributed by atoms with van der Waals surface area (Å²) in [4.78, 5) is 6.12. The molecule has 0 spiro atoms. The second kappa shape index (κ2) is 7.86. The average molecular weight is 326 g/mol. The highest BCUT2D eigenvalue weighted by Gasteiger charge is 2.18. The predicted octanol–water partition coefficient (Wildman–Crippen LogP) is 3.55. The maximum Gasteiger partial charge on any atom is 0.129 e. The lowest BCUT2D eigenvalue weighted by molar-refractivity contribution is 0.0977. The molecule has 4 nitrogen and oxygen atoms in total. The molecule has 0 fully saturated rings. The van der Waals surface area contributed by atoms with Crippen LogP contribution in [0.2, 0.25) is 0 Å². The molecule has 1 unspecified atom stereocenters. The number of pyridine rings is 1. The van der Waals surface area contributed by atoms with E-state index in [4.69, 9.17) is 4.42 Å². The zero-order chi connectivity index (χ0) is 16.8. The normalized spacial score (nSPS) is 12.5. The minimum absolute atomic E-state index is 0.288. The van der Waals surface area contributed by atoms with Crippen LogP contribution in [0.4, 0.5) is 4.39 Å². The number of nitrogens with zero attached hydrogens (tertiary/aromatic N) is 2. The van der Waals surface area contributed by atoms with E-state index in [-0.39, 0.29) is 6.54 Å². The molecule has 0 aliphatic carbocycles. The molecule has 5 heteroatoms. The van der Waals surface area contributed by atoms with E-state index in [1.807, 2.05) is 29.2 Å². The second-order valence-electron chi connectivity index (χ2n) is 5.65. The van der Waals surface area contributed by atoms with Crippen molar-refractivity contribution in [2.24, 2.45) is 0 Å². The standard InChI is InChI=1S/C19H19FN2O2/c20-18-8-2-1-7-17(18)19(23)14-22(13-16-6-4-10-24-16)12-15-5-3-9-21-11-15/h1-11,19,23H,12-14H2. The summed E-state index contributed by atoms with van der Waals surface area (Å²) < 4.78 is 19.3. The molecule has 1 N–H and O–H groups in total. The van der Waals surface area contributed by atoms with Crippen molar-refractivity contribution in [1.82, 2.24) is 9.88 Å². The van der Waals surface area contributed by atoms with E-state index in [1.165, 1.54) is 6.07 Å². The Morgan fingerprint density at radius 1 is 1.08 bits per heavy atom. The summed E-state index contributed by atoms with van der Waals surface area (Å²) >= 11 is 0. The Balaban J connectivity index is 1.75. The van der Waals surface area contributed by atoms with Gasteiger partial charge < -0.3 is 9.52 Å². The fraction of sp³-hybridized carbons (Fsp3) is 0.211. The number of aliphatic hydroxyl groups excluding tert-OH is 1. The summed E-state index contributed by atoms with van der Waals surface area (Å²) in [6, 6.07) is 13.8. The van der Waals surface area contributed by atoms with Crippen molar-refractivity contribution >= 4 is 0 Å². The first-order chi connectivity index (χ1) is 11.7. The maximum absolute atomic E-state index is 13.9. The molecule has 3 rings (SSSR count). The van der Waals surface area contributed by atoms with Gasteiger partial charge in [0.2, 0.25) is 0 Å². The van der Waals surface area contributed by atoms with Crippen LogP contribution in [0.5, 0.6) is 0 Å². The summed E-state index contributed by atoms with van der Waals surface area (Å²) in [6.07, 6.45) is 4.20. The molecule has 2 heterocycles. The van der Waals surface area contributed by atoms with Gasteiger partial charge in [-0.05, 0) is 29.8 Å². The minimum Gasteiger partial charge on any atom is -0.468 e. The van der Waals surface area contributed by atoms with E-state index < -0.39 is 11.9 Å². The Morgan fingerprint density at radius 2 is 1.96 bits per heavy atom. The number of hydrogen-bond donors (Lipinski definition) is 1. The van der Waals surface area contributed by atoms with Gasteiger partial charge in [0.05, 0.1) is 18.9 Å². The lowest BCUT2D eigenvalue weighted by atomic mass is 10.1. The topological polar surface area (TPSA) is 49.5 Å². The first-order valence-corrected chi connectivity index (χ1v) is 7.78. The van der Waals surface area contributed by atoms with E-state index in [2.05, 4.69) is 4.98 Å². The van der Waals surface area contributed by atoms with Crippen molar-refractivity contribution < 1.29 is 13.9 Å². The molecule has 24 heavy (non-hydrogen) atoms. The highest BCUT2D eigenvalue weighted by atomic mass is 19.1. The van der Waals surface area contributed by atoms with E-state index in [9.17, 15) is 9.50 Å². The van der Waals surface area contributed by atoms with Crippen molar-refractivity contribution in [3.05, 3.63) is 89.9 Å². The first kappa shape index (κ1) is 16.4. The van der Waals surface area contributed by atoms with Gasteiger partial charge in [-0.2, -0.15) is 0 Å². The van der Waals surface area contributed by atoms with E-state index in [1.54, 1.807) is 36.9 Å². The van der Waals surface area contributed by atoms with Crippen LogP contribution in [0.15, 0.2) is 71.6 Å². The van der Waals surface area contributed by atoms with Crippen LogP contribution in [0.25, 0.3) is 0 Å². The first-order valence-electron chi connectivity index (χ1n) is 7.78. The zero-order valence-corrected chi connectivity index (χ0v) is 13.2. The number of hydrogen-bond acceptors (Lipinski definition) is 4. The molecule has 3 aromatic rings.